The molecule has 0 radical (unpaired) electrons. The van der Waals surface area contributed by atoms with E-state index in [1.807, 2.05) is 6.26 Å². The Hall–Kier alpha value is -1.04. The number of rotatable bonds is 7. The SMILES string of the molecule is CSCCC(=O)OC(C(=O)OC(C)(C)C)C(C)C(C)=O. The van der Waals surface area contributed by atoms with Gasteiger partial charge in [-0.25, -0.2) is 4.79 Å². The van der Waals surface area contributed by atoms with Crippen molar-refractivity contribution in [3.8, 4) is 0 Å². The molecule has 0 aliphatic rings. The second kappa shape index (κ2) is 8.29. The molecule has 0 saturated heterocycles. The highest BCUT2D eigenvalue weighted by molar-refractivity contribution is 7.98. The predicted octanol–water partition coefficient (Wildman–Crippen LogP) is 2.22. The summed E-state index contributed by atoms with van der Waals surface area (Å²) in [5, 5.41) is 0. The molecule has 0 bridgehead atoms. The van der Waals surface area contributed by atoms with Gasteiger partial charge in [-0.2, -0.15) is 11.8 Å². The molecule has 116 valence electrons. The number of carbonyl (C=O) groups excluding carboxylic acids is 3. The Balaban J connectivity index is 4.86. The third kappa shape index (κ3) is 7.53. The van der Waals surface area contributed by atoms with E-state index in [4.69, 9.17) is 9.47 Å². The molecule has 0 aliphatic carbocycles. The lowest BCUT2D eigenvalue weighted by atomic mass is 10.0. The monoisotopic (exact) mass is 304 g/mol. The normalized spacial score (nSPS) is 14.3. The van der Waals surface area contributed by atoms with Crippen molar-refractivity contribution in [3.63, 3.8) is 0 Å². The number of Topliss-reactive ketones (excluding diaryl/α,β-unsaturated/α-hetero) is 1. The molecule has 0 fully saturated rings. The second-order valence-corrected chi connectivity index (χ2v) is 6.57. The van der Waals surface area contributed by atoms with Crippen molar-refractivity contribution in [1.82, 2.24) is 0 Å². The average Bonchev–Trinajstić information content (AvgIpc) is 2.30. The Morgan fingerprint density at radius 3 is 2.15 bits per heavy atom. The third-order valence-corrected chi connectivity index (χ3v) is 3.12. The molecule has 0 saturated carbocycles. The molecule has 0 aliphatic heterocycles. The van der Waals surface area contributed by atoms with Crippen molar-refractivity contribution in [2.75, 3.05) is 12.0 Å². The van der Waals surface area contributed by atoms with Gasteiger partial charge in [-0.15, -0.1) is 0 Å². The number of esters is 2. The van der Waals surface area contributed by atoms with Gasteiger partial charge >= 0.3 is 11.9 Å². The molecule has 0 aromatic rings. The minimum absolute atomic E-state index is 0.199. The summed E-state index contributed by atoms with van der Waals surface area (Å²) >= 11 is 1.51. The predicted molar refractivity (Wildman–Crippen MR) is 78.6 cm³/mol. The van der Waals surface area contributed by atoms with Crippen molar-refractivity contribution in [3.05, 3.63) is 0 Å². The smallest absolute Gasteiger partial charge is 0.348 e. The van der Waals surface area contributed by atoms with E-state index in [1.54, 1.807) is 27.7 Å². The van der Waals surface area contributed by atoms with E-state index >= 15 is 0 Å². The number of hydrogen-bond acceptors (Lipinski definition) is 6. The topological polar surface area (TPSA) is 69.7 Å². The Morgan fingerprint density at radius 1 is 1.20 bits per heavy atom. The van der Waals surface area contributed by atoms with Crippen LogP contribution in [0.5, 0.6) is 0 Å². The molecule has 2 unspecified atom stereocenters. The lowest BCUT2D eigenvalue weighted by Crippen LogP contribution is -2.41. The van der Waals surface area contributed by atoms with Gasteiger partial charge in [0.05, 0.1) is 12.3 Å². The first-order valence-corrected chi connectivity index (χ1v) is 7.89. The molecule has 0 amide bonds. The zero-order valence-electron chi connectivity index (χ0n) is 13.0. The van der Waals surface area contributed by atoms with Crippen LogP contribution in [0.1, 0.15) is 41.0 Å². The van der Waals surface area contributed by atoms with E-state index in [9.17, 15) is 14.4 Å². The molecule has 0 heterocycles. The van der Waals surface area contributed by atoms with Crippen molar-refractivity contribution < 1.29 is 23.9 Å². The van der Waals surface area contributed by atoms with Crippen LogP contribution >= 0.6 is 11.8 Å². The lowest BCUT2D eigenvalue weighted by Gasteiger charge is -2.26. The highest BCUT2D eigenvalue weighted by Gasteiger charge is 2.35. The summed E-state index contributed by atoms with van der Waals surface area (Å²) in [6, 6.07) is 0. The number of hydrogen-bond donors (Lipinski definition) is 0. The van der Waals surface area contributed by atoms with Crippen LogP contribution in [-0.4, -0.2) is 41.4 Å². The molecular formula is C14H24O5S. The van der Waals surface area contributed by atoms with Gasteiger partial charge in [0, 0.05) is 5.75 Å². The second-order valence-electron chi connectivity index (χ2n) is 5.59. The minimum atomic E-state index is -1.18. The fourth-order valence-electron chi connectivity index (χ4n) is 1.31. The van der Waals surface area contributed by atoms with Crippen LogP contribution in [0.2, 0.25) is 0 Å². The molecular weight excluding hydrogens is 280 g/mol. The number of carbonyl (C=O) groups is 3. The summed E-state index contributed by atoms with van der Waals surface area (Å²) in [4.78, 5) is 35.2. The van der Waals surface area contributed by atoms with Gasteiger partial charge in [-0.05, 0) is 34.0 Å². The summed E-state index contributed by atoms with van der Waals surface area (Å²) in [7, 11) is 0. The van der Waals surface area contributed by atoms with E-state index in [0.717, 1.165) is 0 Å². The van der Waals surface area contributed by atoms with Gasteiger partial charge in [-0.3, -0.25) is 9.59 Å². The van der Waals surface area contributed by atoms with Crippen molar-refractivity contribution >= 4 is 29.5 Å². The van der Waals surface area contributed by atoms with E-state index in [-0.39, 0.29) is 12.2 Å². The van der Waals surface area contributed by atoms with Crippen LogP contribution in [0, 0.1) is 5.92 Å². The quantitative estimate of drug-likeness (QED) is 0.672. The minimum Gasteiger partial charge on any atom is -0.457 e. The van der Waals surface area contributed by atoms with Crippen molar-refractivity contribution in [2.24, 2.45) is 5.92 Å². The molecule has 0 N–H and O–H groups in total. The Kier molecular flexibility index (Phi) is 7.86. The fourth-order valence-corrected chi connectivity index (χ4v) is 1.68. The lowest BCUT2D eigenvalue weighted by molar-refractivity contribution is -0.180. The van der Waals surface area contributed by atoms with Crippen molar-refractivity contribution in [1.29, 1.82) is 0 Å². The van der Waals surface area contributed by atoms with E-state index in [0.29, 0.717) is 5.75 Å². The van der Waals surface area contributed by atoms with E-state index < -0.39 is 29.6 Å². The Labute approximate surface area is 124 Å². The molecule has 0 spiro atoms. The number of ketones is 1. The van der Waals surface area contributed by atoms with Gasteiger partial charge < -0.3 is 9.47 Å². The fraction of sp³-hybridized carbons (Fsp3) is 0.786. The van der Waals surface area contributed by atoms with Gasteiger partial charge in [0.2, 0.25) is 6.10 Å². The Bertz CT molecular complexity index is 359. The maximum absolute atomic E-state index is 12.1. The first-order chi connectivity index (χ1) is 9.08. The largest absolute Gasteiger partial charge is 0.457 e. The molecule has 0 aromatic carbocycles. The van der Waals surface area contributed by atoms with Gasteiger partial charge in [-0.1, -0.05) is 6.92 Å². The standard InChI is InChI=1S/C14H24O5S/c1-9(10(2)15)12(13(17)19-14(3,4)5)18-11(16)7-8-20-6/h9,12H,7-8H2,1-6H3. The summed E-state index contributed by atoms with van der Waals surface area (Å²) in [6.07, 6.45) is 0.892. The van der Waals surface area contributed by atoms with Gasteiger partial charge in [0.25, 0.3) is 0 Å². The van der Waals surface area contributed by atoms with Crippen LogP contribution in [0.3, 0.4) is 0 Å². The summed E-state index contributed by atoms with van der Waals surface area (Å²) in [6.45, 7) is 8.07. The van der Waals surface area contributed by atoms with Gasteiger partial charge in [0.15, 0.2) is 0 Å². The molecule has 2 atom stereocenters. The number of thioether (sulfide) groups is 1. The first kappa shape index (κ1) is 19.0. The molecule has 6 heteroatoms. The molecule has 0 aromatic heterocycles. The summed E-state index contributed by atoms with van der Waals surface area (Å²) < 4.78 is 10.3. The summed E-state index contributed by atoms with van der Waals surface area (Å²) in [5.74, 6) is -1.52. The van der Waals surface area contributed by atoms with Crippen LogP contribution in [0.25, 0.3) is 0 Å². The van der Waals surface area contributed by atoms with Crippen LogP contribution in [0.4, 0.5) is 0 Å². The van der Waals surface area contributed by atoms with Gasteiger partial charge in [0.1, 0.15) is 11.4 Å². The van der Waals surface area contributed by atoms with Crippen LogP contribution in [0.15, 0.2) is 0 Å². The maximum atomic E-state index is 12.1. The highest BCUT2D eigenvalue weighted by Crippen LogP contribution is 2.17. The first-order valence-electron chi connectivity index (χ1n) is 6.50. The number of ether oxygens (including phenoxy) is 2. The highest BCUT2D eigenvalue weighted by atomic mass is 32.2. The molecule has 5 nitrogen and oxygen atoms in total. The van der Waals surface area contributed by atoms with E-state index in [2.05, 4.69) is 0 Å². The van der Waals surface area contributed by atoms with Crippen LogP contribution in [-0.2, 0) is 23.9 Å². The summed E-state index contributed by atoms with van der Waals surface area (Å²) in [5.41, 5.74) is -0.697. The average molecular weight is 304 g/mol. The van der Waals surface area contributed by atoms with Crippen LogP contribution < -0.4 is 0 Å². The Morgan fingerprint density at radius 2 is 1.75 bits per heavy atom. The zero-order valence-corrected chi connectivity index (χ0v) is 13.8. The maximum Gasteiger partial charge on any atom is 0.348 e. The zero-order chi connectivity index (χ0) is 15.9. The van der Waals surface area contributed by atoms with E-state index in [1.165, 1.54) is 18.7 Å². The third-order valence-electron chi connectivity index (χ3n) is 2.50. The molecule has 20 heavy (non-hydrogen) atoms. The molecule has 0 rings (SSSR count). The van der Waals surface area contributed by atoms with Crippen molar-refractivity contribution in [2.45, 2.75) is 52.7 Å².